The Kier molecular flexibility index (Phi) is 8.80. The van der Waals surface area contributed by atoms with Crippen LogP contribution in [0.2, 0.25) is 0 Å². The van der Waals surface area contributed by atoms with Gasteiger partial charge in [0.25, 0.3) is 0 Å². The molecule has 0 radical (unpaired) electrons. The van der Waals surface area contributed by atoms with Crippen LogP contribution in [0.1, 0.15) is 38.1 Å². The molecule has 0 aliphatic rings. The Morgan fingerprint density at radius 1 is 0.800 bits per heavy atom. The van der Waals surface area contributed by atoms with Crippen molar-refractivity contribution in [2.24, 2.45) is 0 Å². The monoisotopic (exact) mass is 416 g/mol. The third kappa shape index (κ3) is 6.04. The summed E-state index contributed by atoms with van der Waals surface area (Å²) in [7, 11) is 0. The van der Waals surface area contributed by atoms with Gasteiger partial charge in [0, 0.05) is 12.1 Å². The first-order valence-corrected chi connectivity index (χ1v) is 9.94. The van der Waals surface area contributed by atoms with E-state index in [-0.39, 0.29) is 12.2 Å². The fourth-order valence-corrected chi connectivity index (χ4v) is 2.72. The number of nitrogens with one attached hydrogen (secondary N) is 2. The van der Waals surface area contributed by atoms with Crippen LogP contribution in [0.4, 0.5) is 16.2 Å². The van der Waals surface area contributed by atoms with Gasteiger partial charge in [0.05, 0.1) is 43.4 Å². The summed E-state index contributed by atoms with van der Waals surface area (Å²) in [6.07, 6.45) is 0. The zero-order chi connectivity index (χ0) is 21.9. The van der Waals surface area contributed by atoms with Crippen molar-refractivity contribution in [2.75, 3.05) is 37.1 Å². The van der Waals surface area contributed by atoms with Crippen LogP contribution >= 0.6 is 0 Å². The van der Waals surface area contributed by atoms with Crippen molar-refractivity contribution in [1.82, 2.24) is 0 Å². The number of esters is 1. The minimum absolute atomic E-state index is 0.242. The number of carbonyl (C=O) groups excluding carboxylic acids is 2. The van der Waals surface area contributed by atoms with E-state index in [0.29, 0.717) is 48.4 Å². The highest BCUT2D eigenvalue weighted by atomic mass is 16.5. The van der Waals surface area contributed by atoms with Crippen LogP contribution in [0.25, 0.3) is 0 Å². The molecule has 2 aromatic carbocycles. The number of carbonyl (C=O) groups is 2. The van der Waals surface area contributed by atoms with Gasteiger partial charge in [-0.05, 0) is 39.8 Å². The van der Waals surface area contributed by atoms with Gasteiger partial charge in [0.1, 0.15) is 0 Å². The number of hydrogen-bond donors (Lipinski definition) is 2. The fourth-order valence-electron chi connectivity index (χ4n) is 2.72. The Balaban J connectivity index is 2.25. The summed E-state index contributed by atoms with van der Waals surface area (Å²) in [5, 5.41) is 5.42. The molecule has 2 N–H and O–H groups in total. The largest absolute Gasteiger partial charge is 0.490 e. The predicted molar refractivity (Wildman–Crippen MR) is 115 cm³/mol. The number of ether oxygens (including phenoxy) is 4. The first kappa shape index (κ1) is 22.9. The molecular weight excluding hydrogens is 388 g/mol. The Labute approximate surface area is 176 Å². The van der Waals surface area contributed by atoms with Gasteiger partial charge in [0.2, 0.25) is 5.75 Å². The zero-order valence-corrected chi connectivity index (χ0v) is 17.7. The van der Waals surface area contributed by atoms with Crippen molar-refractivity contribution < 1.29 is 28.5 Å². The summed E-state index contributed by atoms with van der Waals surface area (Å²) in [6.45, 7) is 8.83. The van der Waals surface area contributed by atoms with E-state index in [2.05, 4.69) is 10.6 Å². The Morgan fingerprint density at radius 2 is 1.40 bits per heavy atom. The summed E-state index contributed by atoms with van der Waals surface area (Å²) < 4.78 is 22.0. The van der Waals surface area contributed by atoms with E-state index < -0.39 is 12.0 Å². The predicted octanol–water partition coefficient (Wildman–Crippen LogP) is 4.70. The molecule has 2 amide bonds. The number of anilines is 2. The number of para-hydroxylation sites is 1. The first-order valence-electron chi connectivity index (χ1n) is 9.94. The summed E-state index contributed by atoms with van der Waals surface area (Å²) in [5.74, 6) is 0.909. The smallest absolute Gasteiger partial charge is 0.340 e. The third-order valence-corrected chi connectivity index (χ3v) is 3.84. The van der Waals surface area contributed by atoms with Gasteiger partial charge in [-0.15, -0.1) is 0 Å². The summed E-state index contributed by atoms with van der Waals surface area (Å²) in [6, 6.07) is 9.43. The van der Waals surface area contributed by atoms with E-state index in [1.165, 1.54) is 0 Å². The average Bonchev–Trinajstić information content (AvgIpc) is 2.71. The molecular formula is C22H28N2O6. The highest BCUT2D eigenvalue weighted by molar-refractivity contribution is 6.05. The lowest BCUT2D eigenvalue weighted by atomic mass is 10.2. The van der Waals surface area contributed by atoms with Crippen LogP contribution in [-0.4, -0.2) is 38.4 Å². The lowest BCUT2D eigenvalue weighted by Crippen LogP contribution is -2.21. The van der Waals surface area contributed by atoms with Crippen molar-refractivity contribution in [3.63, 3.8) is 0 Å². The average molecular weight is 416 g/mol. The molecule has 0 fully saturated rings. The van der Waals surface area contributed by atoms with Crippen molar-refractivity contribution >= 4 is 23.4 Å². The normalized spacial score (nSPS) is 10.1. The lowest BCUT2D eigenvalue weighted by Gasteiger charge is -2.18. The van der Waals surface area contributed by atoms with Gasteiger partial charge in [0.15, 0.2) is 11.5 Å². The molecule has 2 aromatic rings. The quantitative estimate of drug-likeness (QED) is 0.545. The highest BCUT2D eigenvalue weighted by Crippen LogP contribution is 2.40. The topological polar surface area (TPSA) is 95.1 Å². The molecule has 0 spiro atoms. The second-order valence-electron chi connectivity index (χ2n) is 5.95. The van der Waals surface area contributed by atoms with E-state index in [4.69, 9.17) is 18.9 Å². The molecule has 0 bridgehead atoms. The third-order valence-electron chi connectivity index (χ3n) is 3.84. The molecule has 0 aromatic heterocycles. The molecule has 0 aliphatic heterocycles. The van der Waals surface area contributed by atoms with Crippen molar-refractivity contribution in [2.45, 2.75) is 27.7 Å². The van der Waals surface area contributed by atoms with Gasteiger partial charge in [-0.2, -0.15) is 0 Å². The second kappa shape index (κ2) is 11.5. The van der Waals surface area contributed by atoms with Gasteiger partial charge in [-0.1, -0.05) is 12.1 Å². The number of rotatable bonds is 10. The number of urea groups is 1. The highest BCUT2D eigenvalue weighted by Gasteiger charge is 2.18. The van der Waals surface area contributed by atoms with Crippen LogP contribution in [-0.2, 0) is 4.74 Å². The maximum absolute atomic E-state index is 12.6. The molecule has 30 heavy (non-hydrogen) atoms. The number of benzene rings is 2. The molecule has 2 rings (SSSR count). The Hall–Kier alpha value is -3.42. The van der Waals surface area contributed by atoms with E-state index in [1.807, 2.05) is 20.8 Å². The minimum Gasteiger partial charge on any atom is -0.490 e. The fraction of sp³-hybridized carbons (Fsp3) is 0.364. The molecule has 162 valence electrons. The molecule has 0 atom stereocenters. The Morgan fingerprint density at radius 3 is 1.97 bits per heavy atom. The van der Waals surface area contributed by atoms with Crippen molar-refractivity contribution in [3.8, 4) is 17.2 Å². The van der Waals surface area contributed by atoms with Gasteiger partial charge in [-0.3, -0.25) is 0 Å². The SMILES string of the molecule is CCOC(=O)c1ccccc1NC(=O)Nc1cc(OCC)c(OCC)c(OCC)c1. The first-order chi connectivity index (χ1) is 14.5. The van der Waals surface area contributed by atoms with Crippen LogP contribution < -0.4 is 24.8 Å². The summed E-state index contributed by atoms with van der Waals surface area (Å²) in [5.41, 5.74) is 1.07. The van der Waals surface area contributed by atoms with Gasteiger partial charge in [-0.25, -0.2) is 9.59 Å². The molecule has 8 nitrogen and oxygen atoms in total. The zero-order valence-electron chi connectivity index (χ0n) is 17.7. The van der Waals surface area contributed by atoms with E-state index >= 15 is 0 Å². The van der Waals surface area contributed by atoms with E-state index in [1.54, 1.807) is 43.3 Å². The van der Waals surface area contributed by atoms with Crippen molar-refractivity contribution in [1.29, 1.82) is 0 Å². The lowest BCUT2D eigenvalue weighted by molar-refractivity contribution is 0.0527. The van der Waals surface area contributed by atoms with Crippen LogP contribution in [0.3, 0.4) is 0 Å². The number of amides is 2. The van der Waals surface area contributed by atoms with Crippen LogP contribution in [0.5, 0.6) is 17.2 Å². The molecule has 0 aliphatic carbocycles. The van der Waals surface area contributed by atoms with Crippen molar-refractivity contribution in [3.05, 3.63) is 42.0 Å². The summed E-state index contributed by atoms with van der Waals surface area (Å²) >= 11 is 0. The van der Waals surface area contributed by atoms with E-state index in [0.717, 1.165) is 0 Å². The van der Waals surface area contributed by atoms with Gasteiger partial charge >= 0.3 is 12.0 Å². The van der Waals surface area contributed by atoms with Gasteiger partial charge < -0.3 is 29.6 Å². The Bertz CT molecular complexity index is 841. The molecule has 0 heterocycles. The van der Waals surface area contributed by atoms with E-state index in [9.17, 15) is 9.59 Å². The van der Waals surface area contributed by atoms with Crippen LogP contribution in [0, 0.1) is 0 Å². The standard InChI is InChI=1S/C22H28N2O6/c1-5-27-18-13-15(14-19(28-6-2)20(18)29-7-3)23-22(26)24-17-12-10-9-11-16(17)21(25)30-8-4/h9-14H,5-8H2,1-4H3,(H2,23,24,26). The minimum atomic E-state index is -0.527. The second-order valence-corrected chi connectivity index (χ2v) is 5.95. The maximum atomic E-state index is 12.6. The number of hydrogen-bond acceptors (Lipinski definition) is 6. The maximum Gasteiger partial charge on any atom is 0.340 e. The molecule has 0 unspecified atom stereocenters. The molecule has 8 heteroatoms. The molecule has 0 saturated heterocycles. The summed E-state index contributed by atoms with van der Waals surface area (Å²) in [4.78, 5) is 24.7. The molecule has 0 saturated carbocycles. The van der Waals surface area contributed by atoms with Crippen LogP contribution in [0.15, 0.2) is 36.4 Å².